The number of nitrogens with one attached hydrogen (secondary N) is 1. The summed E-state index contributed by atoms with van der Waals surface area (Å²) < 4.78 is 18.8. The van der Waals surface area contributed by atoms with Crippen LogP contribution >= 0.6 is 11.6 Å². The molecule has 0 bridgehead atoms. The molecular weight excluding hydrogens is 998 g/mol. The van der Waals surface area contributed by atoms with E-state index in [1.54, 1.807) is 0 Å². The van der Waals surface area contributed by atoms with Gasteiger partial charge in [-0.05, 0) is 148 Å². The largest absolute Gasteiger partial charge is 0.369 e. The van der Waals surface area contributed by atoms with Gasteiger partial charge < -0.3 is 19.5 Å². The fourth-order valence-corrected chi connectivity index (χ4v) is 9.63. The maximum absolute atomic E-state index is 6.30. The van der Waals surface area contributed by atoms with E-state index < -0.39 is 0 Å². The third-order valence-electron chi connectivity index (χ3n) is 14.3. The number of rotatable bonds is 26. The highest BCUT2D eigenvalue weighted by Crippen LogP contribution is 2.30. The van der Waals surface area contributed by atoms with Gasteiger partial charge in [0.1, 0.15) is 18.3 Å². The van der Waals surface area contributed by atoms with Crippen molar-refractivity contribution in [3.63, 3.8) is 0 Å². The lowest BCUT2D eigenvalue weighted by Crippen LogP contribution is -2.22. The smallest absolute Gasteiger partial charge is 0.108 e. The summed E-state index contributed by atoms with van der Waals surface area (Å²) in [4.78, 5) is 0. The monoisotopic (exact) mass is 1080 g/mol. The first-order valence-corrected chi connectivity index (χ1v) is 29.3. The van der Waals surface area contributed by atoms with Crippen LogP contribution in [0.4, 0.5) is 0 Å². The number of unbranched alkanes of at least 4 members (excludes halogenated alkanes) is 2. The molecule has 5 heteroatoms. The average molecular weight is 1080 g/mol. The van der Waals surface area contributed by atoms with E-state index in [9.17, 15) is 0 Å². The fraction of sp³-hybridized carbons (Fsp3) is 0.280. The summed E-state index contributed by atoms with van der Waals surface area (Å²) >= 11 is 6.04. The zero-order valence-electron chi connectivity index (χ0n) is 48.0. The first kappa shape index (κ1) is 60.7. The minimum Gasteiger partial charge on any atom is -0.369 e. The molecule has 0 aliphatic carbocycles. The summed E-state index contributed by atoms with van der Waals surface area (Å²) in [5.41, 5.74) is 17.9. The number of ether oxygens (including phenoxy) is 3. The SMILES string of the molecule is Cc1ccc(CCCCCOC(c2ccccc2)c2ccc(Cl)cc2)cc1.Cc1ccc(CCCNCCOC(c2ccccc2)c2ccc(C)cc2)cc1.Cc1ccc(CCCOC(c2ccccc2)c2ccc(C)cc2)cc1. The second kappa shape index (κ2) is 34.3. The highest BCUT2D eigenvalue weighted by atomic mass is 35.5. The van der Waals surface area contributed by atoms with Gasteiger partial charge in [0, 0.05) is 24.8 Å². The van der Waals surface area contributed by atoms with Crippen molar-refractivity contribution in [3.8, 4) is 0 Å². The molecule has 4 nitrogen and oxygen atoms in total. The lowest BCUT2D eigenvalue weighted by atomic mass is 10.0. The van der Waals surface area contributed by atoms with Crippen molar-refractivity contribution >= 4 is 11.6 Å². The number of hydrogen-bond acceptors (Lipinski definition) is 4. The summed E-state index contributed by atoms with van der Waals surface area (Å²) in [7, 11) is 0. The van der Waals surface area contributed by atoms with Crippen LogP contribution in [0.5, 0.6) is 0 Å². The zero-order chi connectivity index (χ0) is 56.0. The highest BCUT2D eigenvalue weighted by molar-refractivity contribution is 6.30. The molecule has 0 amide bonds. The van der Waals surface area contributed by atoms with E-state index in [1.807, 2.05) is 30.3 Å². The van der Waals surface area contributed by atoms with Gasteiger partial charge in [-0.25, -0.2) is 0 Å². The molecule has 9 aromatic carbocycles. The summed E-state index contributed by atoms with van der Waals surface area (Å²) in [6, 6.07) is 83.1. The van der Waals surface area contributed by atoms with Crippen LogP contribution in [-0.4, -0.2) is 32.9 Å². The van der Waals surface area contributed by atoms with Crippen LogP contribution in [0, 0.1) is 34.6 Å². The average Bonchev–Trinajstić information content (AvgIpc) is 3.49. The van der Waals surface area contributed by atoms with Gasteiger partial charge in [0.05, 0.1) is 6.61 Å². The third-order valence-corrected chi connectivity index (χ3v) is 14.5. The topological polar surface area (TPSA) is 39.7 Å². The van der Waals surface area contributed by atoms with E-state index in [-0.39, 0.29) is 18.3 Å². The minimum absolute atomic E-state index is 0.000169. The summed E-state index contributed by atoms with van der Waals surface area (Å²) in [6.45, 7) is 14.7. The Morgan fingerprint density at radius 1 is 0.287 bits per heavy atom. The normalized spacial score (nSPS) is 12.1. The van der Waals surface area contributed by atoms with Crippen LogP contribution in [0.25, 0.3) is 0 Å². The molecule has 0 aliphatic heterocycles. The molecule has 0 heterocycles. The molecule has 414 valence electrons. The quantitative estimate of drug-likeness (QED) is 0.0549. The molecule has 0 aliphatic rings. The Hall–Kier alpha value is -6.89. The van der Waals surface area contributed by atoms with Crippen LogP contribution in [0.2, 0.25) is 5.02 Å². The molecule has 80 heavy (non-hydrogen) atoms. The zero-order valence-corrected chi connectivity index (χ0v) is 48.8. The van der Waals surface area contributed by atoms with Crippen molar-refractivity contribution in [1.82, 2.24) is 5.32 Å². The predicted molar refractivity (Wildman–Crippen MR) is 337 cm³/mol. The molecule has 0 saturated heterocycles. The van der Waals surface area contributed by atoms with Gasteiger partial charge in [-0.15, -0.1) is 0 Å². The van der Waals surface area contributed by atoms with Crippen LogP contribution in [0.3, 0.4) is 0 Å². The van der Waals surface area contributed by atoms with Gasteiger partial charge in [-0.3, -0.25) is 0 Å². The van der Waals surface area contributed by atoms with Crippen LogP contribution in [0.1, 0.15) is 128 Å². The summed E-state index contributed by atoms with van der Waals surface area (Å²) in [5.74, 6) is 0. The van der Waals surface area contributed by atoms with E-state index in [2.05, 4.69) is 246 Å². The standard InChI is InChI=1S/C26H31NO.C25H27ClO.C24H26O/c1-21-10-14-23(15-11-21)7-6-18-27-19-20-28-26(24-8-4-3-5-9-24)25-16-12-22(2)13-17-25;1-20-11-13-21(14-12-20)8-4-3-7-19-27-25(22-9-5-2-6-10-22)23-15-17-24(26)18-16-23;1-19-10-14-21(15-11-19)7-6-18-25-24(22-8-4-3-5-9-22)23-16-12-20(2)13-17-23/h3-5,8-17,26-27H,6-7,18-20H2,1-2H3;2,5-6,9-18,25H,3-4,7-8,19H2,1H3;3-5,8-17,24H,6-7,18H2,1-2H3. The summed E-state index contributed by atoms with van der Waals surface area (Å²) in [6.07, 6.45) is 8.86. The Balaban J connectivity index is 0.000000174. The van der Waals surface area contributed by atoms with Gasteiger partial charge in [0.25, 0.3) is 0 Å². The Labute approximate surface area is 485 Å². The number of benzene rings is 9. The second-order valence-corrected chi connectivity index (χ2v) is 21.5. The molecule has 0 radical (unpaired) electrons. The first-order valence-electron chi connectivity index (χ1n) is 28.9. The number of aryl methyl sites for hydroxylation is 8. The van der Waals surface area contributed by atoms with E-state index in [1.165, 1.54) is 85.2 Å². The molecule has 1 N–H and O–H groups in total. The van der Waals surface area contributed by atoms with Crippen LogP contribution in [0.15, 0.2) is 237 Å². The van der Waals surface area contributed by atoms with Crippen molar-refractivity contribution in [2.75, 3.05) is 32.9 Å². The van der Waals surface area contributed by atoms with E-state index in [4.69, 9.17) is 25.8 Å². The van der Waals surface area contributed by atoms with Crippen molar-refractivity contribution in [2.45, 2.75) is 104 Å². The van der Waals surface area contributed by atoms with Crippen LogP contribution < -0.4 is 5.32 Å². The molecule has 9 aromatic rings. The van der Waals surface area contributed by atoms with Crippen molar-refractivity contribution in [2.24, 2.45) is 0 Å². The van der Waals surface area contributed by atoms with Crippen molar-refractivity contribution < 1.29 is 14.2 Å². The Morgan fingerprint density at radius 2 is 0.588 bits per heavy atom. The number of hydrogen-bond donors (Lipinski definition) is 1. The van der Waals surface area contributed by atoms with Gasteiger partial charge in [-0.2, -0.15) is 0 Å². The Bertz CT molecular complexity index is 3040. The van der Waals surface area contributed by atoms with Gasteiger partial charge in [0.15, 0.2) is 0 Å². The summed E-state index contributed by atoms with van der Waals surface area (Å²) in [5, 5.41) is 4.26. The molecule has 0 spiro atoms. The molecule has 0 aromatic heterocycles. The predicted octanol–water partition coefficient (Wildman–Crippen LogP) is 18.8. The van der Waals surface area contributed by atoms with Gasteiger partial charge in [0.2, 0.25) is 0 Å². The number of halogens is 1. The lowest BCUT2D eigenvalue weighted by Gasteiger charge is -2.19. The Morgan fingerprint density at radius 3 is 0.975 bits per heavy atom. The van der Waals surface area contributed by atoms with E-state index >= 15 is 0 Å². The minimum atomic E-state index is -0.0411. The first-order chi connectivity index (χ1) is 39.2. The lowest BCUT2D eigenvalue weighted by molar-refractivity contribution is 0.0769. The fourth-order valence-electron chi connectivity index (χ4n) is 9.50. The van der Waals surface area contributed by atoms with Crippen molar-refractivity contribution in [3.05, 3.63) is 319 Å². The molecule has 0 saturated carbocycles. The maximum Gasteiger partial charge on any atom is 0.108 e. The molecule has 3 atom stereocenters. The van der Waals surface area contributed by atoms with E-state index in [0.29, 0.717) is 6.61 Å². The third kappa shape index (κ3) is 21.6. The van der Waals surface area contributed by atoms with Crippen LogP contribution in [-0.2, 0) is 33.5 Å². The molecule has 3 unspecified atom stereocenters. The second-order valence-electron chi connectivity index (χ2n) is 21.1. The maximum atomic E-state index is 6.30. The highest BCUT2D eigenvalue weighted by Gasteiger charge is 2.17. The van der Waals surface area contributed by atoms with Crippen molar-refractivity contribution in [1.29, 1.82) is 0 Å². The molecular formula is C75H84ClNO3. The molecule has 9 rings (SSSR count). The molecule has 0 fully saturated rings. The van der Waals surface area contributed by atoms with Gasteiger partial charge in [-0.1, -0.05) is 270 Å². The Kier molecular flexibility index (Phi) is 26.0. The van der Waals surface area contributed by atoms with Gasteiger partial charge >= 0.3 is 0 Å². The van der Waals surface area contributed by atoms with E-state index in [0.717, 1.165) is 75.4 Å².